The summed E-state index contributed by atoms with van der Waals surface area (Å²) in [4.78, 5) is 7.30. The molecule has 4 heterocycles. The first-order valence-corrected chi connectivity index (χ1v) is 9.30. The van der Waals surface area contributed by atoms with Crippen LogP contribution in [0.5, 0.6) is 0 Å². The van der Waals surface area contributed by atoms with Crippen LogP contribution >= 0.6 is 0 Å². The quantitative estimate of drug-likeness (QED) is 0.914. The Labute approximate surface area is 145 Å². The number of pyridine rings is 1. The van der Waals surface area contributed by atoms with Gasteiger partial charge in [0.1, 0.15) is 0 Å². The molecule has 0 unspecified atom stereocenters. The summed E-state index contributed by atoms with van der Waals surface area (Å²) in [6, 6.07) is 14.2. The molecule has 1 aromatic carbocycles. The lowest BCUT2D eigenvalue weighted by atomic mass is 9.79. The van der Waals surface area contributed by atoms with E-state index in [9.17, 15) is 0 Å². The number of rotatable bonds is 4. The van der Waals surface area contributed by atoms with E-state index in [2.05, 4.69) is 65.4 Å². The number of hydrogen-bond acceptors (Lipinski definition) is 3. The highest BCUT2D eigenvalue weighted by molar-refractivity contribution is 5.61. The summed E-state index contributed by atoms with van der Waals surface area (Å²) in [5.41, 5.74) is 4.75. The monoisotopic (exact) mass is 321 g/mol. The van der Waals surface area contributed by atoms with E-state index in [-0.39, 0.29) is 0 Å². The second-order valence-corrected chi connectivity index (χ2v) is 7.27. The van der Waals surface area contributed by atoms with E-state index in [0.717, 1.165) is 23.7 Å². The highest BCUT2D eigenvalue weighted by Crippen LogP contribution is 2.34. The second kappa shape index (κ2) is 6.56. The van der Waals surface area contributed by atoms with Gasteiger partial charge < -0.3 is 5.32 Å². The van der Waals surface area contributed by atoms with Crippen LogP contribution in [0.15, 0.2) is 42.6 Å². The summed E-state index contributed by atoms with van der Waals surface area (Å²) in [5, 5.41) is 3.75. The number of anilines is 1. The van der Waals surface area contributed by atoms with Crippen LogP contribution in [0.1, 0.15) is 32.3 Å². The zero-order valence-corrected chi connectivity index (χ0v) is 14.7. The van der Waals surface area contributed by atoms with E-state index in [4.69, 9.17) is 0 Å². The minimum Gasteiger partial charge on any atom is -0.379 e. The summed E-state index contributed by atoms with van der Waals surface area (Å²) in [7, 11) is 0. The highest BCUT2D eigenvalue weighted by Gasteiger charge is 2.39. The summed E-state index contributed by atoms with van der Waals surface area (Å²) < 4.78 is 0. The van der Waals surface area contributed by atoms with Crippen LogP contribution in [0.2, 0.25) is 0 Å². The Hall–Kier alpha value is -1.87. The fourth-order valence-electron chi connectivity index (χ4n) is 4.30. The Kier molecular flexibility index (Phi) is 4.28. The number of benzene rings is 1. The molecule has 1 aromatic heterocycles. The Morgan fingerprint density at radius 1 is 1.08 bits per heavy atom. The lowest BCUT2D eigenvalue weighted by Crippen LogP contribution is -2.59. The molecular weight excluding hydrogens is 294 g/mol. The van der Waals surface area contributed by atoms with Crippen LogP contribution in [0.3, 0.4) is 0 Å². The molecule has 2 bridgehead atoms. The fraction of sp³-hybridized carbons (Fsp3) is 0.476. The number of piperidine rings is 3. The molecule has 3 fully saturated rings. The van der Waals surface area contributed by atoms with Crippen LogP contribution in [-0.4, -0.2) is 35.1 Å². The van der Waals surface area contributed by atoms with Gasteiger partial charge in [-0.1, -0.05) is 31.2 Å². The third-order valence-electron chi connectivity index (χ3n) is 5.93. The van der Waals surface area contributed by atoms with Crippen LogP contribution in [0.25, 0.3) is 11.3 Å². The molecule has 0 radical (unpaired) electrons. The standard InChI is InChI=1S/C21H27N3/c1-3-16-4-6-17(7-5-16)20-9-8-19(14-22-20)23-21-15(2)24-12-10-18(21)11-13-24/h4-9,14-15,18,21,23H,3,10-13H2,1-2H3/t15-,21-/m1/s1. The van der Waals surface area contributed by atoms with Gasteiger partial charge in [0, 0.05) is 17.6 Å². The van der Waals surface area contributed by atoms with Gasteiger partial charge in [-0.3, -0.25) is 9.88 Å². The smallest absolute Gasteiger partial charge is 0.0703 e. The van der Waals surface area contributed by atoms with Crippen molar-refractivity contribution in [3.05, 3.63) is 48.2 Å². The topological polar surface area (TPSA) is 28.2 Å². The maximum absolute atomic E-state index is 4.68. The maximum atomic E-state index is 4.68. The molecule has 126 valence electrons. The molecule has 5 rings (SSSR count). The first-order chi connectivity index (χ1) is 11.7. The normalized spacial score (nSPS) is 28.8. The molecule has 24 heavy (non-hydrogen) atoms. The van der Waals surface area contributed by atoms with E-state index in [1.165, 1.54) is 37.1 Å². The Morgan fingerprint density at radius 3 is 2.42 bits per heavy atom. The van der Waals surface area contributed by atoms with Gasteiger partial charge in [-0.05, 0) is 62.9 Å². The van der Waals surface area contributed by atoms with E-state index in [1.54, 1.807) is 0 Å². The molecule has 2 aromatic rings. The third kappa shape index (κ3) is 2.93. The van der Waals surface area contributed by atoms with Crippen molar-refractivity contribution in [3.63, 3.8) is 0 Å². The summed E-state index contributed by atoms with van der Waals surface area (Å²) >= 11 is 0. The van der Waals surface area contributed by atoms with Gasteiger partial charge in [-0.15, -0.1) is 0 Å². The van der Waals surface area contributed by atoms with Crippen LogP contribution in [-0.2, 0) is 6.42 Å². The van der Waals surface area contributed by atoms with E-state index < -0.39 is 0 Å². The fourth-order valence-corrected chi connectivity index (χ4v) is 4.30. The van der Waals surface area contributed by atoms with Crippen molar-refractivity contribution >= 4 is 5.69 Å². The van der Waals surface area contributed by atoms with Crippen molar-refractivity contribution in [2.24, 2.45) is 5.92 Å². The minimum absolute atomic E-state index is 0.559. The van der Waals surface area contributed by atoms with Gasteiger partial charge in [0.25, 0.3) is 0 Å². The summed E-state index contributed by atoms with van der Waals surface area (Å²) in [6.45, 7) is 7.09. The Balaban J connectivity index is 1.47. The number of nitrogens with zero attached hydrogens (tertiary/aromatic N) is 2. The zero-order chi connectivity index (χ0) is 16.5. The van der Waals surface area contributed by atoms with Crippen molar-refractivity contribution in [2.75, 3.05) is 18.4 Å². The van der Waals surface area contributed by atoms with Gasteiger partial charge in [0.15, 0.2) is 0 Å². The average Bonchev–Trinajstić information content (AvgIpc) is 2.66. The number of hydrogen-bond donors (Lipinski definition) is 1. The van der Waals surface area contributed by atoms with Crippen LogP contribution in [0, 0.1) is 5.92 Å². The van der Waals surface area contributed by atoms with E-state index in [0.29, 0.717) is 12.1 Å². The van der Waals surface area contributed by atoms with Gasteiger partial charge >= 0.3 is 0 Å². The Bertz CT molecular complexity index is 667. The number of aryl methyl sites for hydroxylation is 1. The van der Waals surface area contributed by atoms with Crippen molar-refractivity contribution in [3.8, 4) is 11.3 Å². The predicted molar refractivity (Wildman–Crippen MR) is 100 cm³/mol. The number of nitrogens with one attached hydrogen (secondary N) is 1. The van der Waals surface area contributed by atoms with Crippen LogP contribution < -0.4 is 5.32 Å². The molecule has 0 amide bonds. The predicted octanol–water partition coefficient (Wildman–Crippen LogP) is 4.21. The lowest BCUT2D eigenvalue weighted by molar-refractivity contribution is 0.0458. The maximum Gasteiger partial charge on any atom is 0.0703 e. The SMILES string of the molecule is CCc1ccc(-c2ccc(N[C@H]3C4CCN(CC4)[C@@H]3C)cn2)cc1. The molecule has 2 atom stereocenters. The van der Waals surface area contributed by atoms with Gasteiger partial charge in [-0.25, -0.2) is 0 Å². The van der Waals surface area contributed by atoms with Gasteiger partial charge in [-0.2, -0.15) is 0 Å². The lowest BCUT2D eigenvalue weighted by Gasteiger charge is -2.50. The summed E-state index contributed by atoms with van der Waals surface area (Å²) in [6.07, 6.45) is 5.73. The van der Waals surface area contributed by atoms with E-state index >= 15 is 0 Å². The van der Waals surface area contributed by atoms with Crippen molar-refractivity contribution in [1.29, 1.82) is 0 Å². The molecule has 1 N–H and O–H groups in total. The van der Waals surface area contributed by atoms with E-state index in [1.807, 2.05) is 6.20 Å². The Morgan fingerprint density at radius 2 is 1.83 bits per heavy atom. The molecule has 0 saturated carbocycles. The molecule has 0 aliphatic carbocycles. The summed E-state index contributed by atoms with van der Waals surface area (Å²) in [5.74, 6) is 0.811. The first kappa shape index (κ1) is 15.6. The molecule has 0 spiro atoms. The van der Waals surface area contributed by atoms with Gasteiger partial charge in [0.2, 0.25) is 0 Å². The molecule has 3 aliphatic rings. The number of fused-ring (bicyclic) bond motifs is 3. The number of aromatic nitrogens is 1. The molecular formula is C21H27N3. The largest absolute Gasteiger partial charge is 0.379 e. The van der Waals surface area contributed by atoms with Crippen molar-refractivity contribution in [2.45, 2.75) is 45.2 Å². The van der Waals surface area contributed by atoms with Crippen LogP contribution in [0.4, 0.5) is 5.69 Å². The zero-order valence-electron chi connectivity index (χ0n) is 14.7. The van der Waals surface area contributed by atoms with Crippen molar-refractivity contribution in [1.82, 2.24) is 9.88 Å². The molecule has 3 aliphatic heterocycles. The molecule has 3 saturated heterocycles. The first-order valence-electron chi connectivity index (χ1n) is 9.30. The average molecular weight is 321 g/mol. The van der Waals surface area contributed by atoms with Crippen molar-refractivity contribution < 1.29 is 0 Å². The molecule has 3 heteroatoms. The minimum atomic E-state index is 0.559. The third-order valence-corrected chi connectivity index (χ3v) is 5.93. The highest BCUT2D eigenvalue weighted by atomic mass is 15.2. The van der Waals surface area contributed by atoms with Gasteiger partial charge in [0.05, 0.1) is 17.6 Å². The molecule has 3 nitrogen and oxygen atoms in total. The second-order valence-electron chi connectivity index (χ2n) is 7.27.